The van der Waals surface area contributed by atoms with Crippen molar-refractivity contribution in [3.05, 3.63) is 65.7 Å². The Labute approximate surface area is 134 Å². The van der Waals surface area contributed by atoms with E-state index in [1.165, 1.54) is 0 Å². The van der Waals surface area contributed by atoms with Gasteiger partial charge in [-0.1, -0.05) is 18.2 Å². The predicted octanol–water partition coefficient (Wildman–Crippen LogP) is 3.88. The number of hydrogen-bond acceptors (Lipinski definition) is 4. The minimum atomic E-state index is -0.756. The number of benzene rings is 2. The third-order valence-corrected chi connectivity index (χ3v) is 3.84. The monoisotopic (exact) mass is 302 g/mol. The fourth-order valence-electron chi connectivity index (χ4n) is 2.63. The number of fused-ring (bicyclic) bond motifs is 1. The first-order chi connectivity index (χ1) is 11.3. The molecule has 0 radical (unpaired) electrons. The van der Waals surface area contributed by atoms with E-state index in [4.69, 9.17) is 9.47 Å². The summed E-state index contributed by atoms with van der Waals surface area (Å²) in [4.78, 5) is 0. The van der Waals surface area contributed by atoms with Gasteiger partial charge in [0.2, 0.25) is 0 Å². The summed E-state index contributed by atoms with van der Waals surface area (Å²) in [5.74, 6) is 1.02. The quantitative estimate of drug-likeness (QED) is 0.863. The number of nitriles is 2. The van der Waals surface area contributed by atoms with Crippen molar-refractivity contribution < 1.29 is 9.47 Å². The number of nitrogens with zero attached hydrogens (tertiary/aromatic N) is 2. The Hall–Kier alpha value is -3.24. The lowest BCUT2D eigenvalue weighted by Crippen LogP contribution is -2.15. The van der Waals surface area contributed by atoms with Gasteiger partial charge in [-0.05, 0) is 36.4 Å². The van der Waals surface area contributed by atoms with Gasteiger partial charge in [-0.3, -0.25) is 0 Å². The average Bonchev–Trinajstić information content (AvgIpc) is 2.62. The molecule has 4 heteroatoms. The van der Waals surface area contributed by atoms with Gasteiger partial charge in [0.15, 0.2) is 0 Å². The zero-order valence-electron chi connectivity index (χ0n) is 12.6. The van der Waals surface area contributed by atoms with Crippen LogP contribution in [0.5, 0.6) is 11.5 Å². The van der Waals surface area contributed by atoms with E-state index in [2.05, 4.69) is 12.1 Å². The molecule has 0 bridgehead atoms. The molecule has 1 aliphatic rings. The molecule has 1 heterocycles. The Balaban J connectivity index is 2.05. The SMILES string of the molecule is COc1ccc(C2=CC(C(C#N)C#N)c3ccccc3O2)cc1. The standard InChI is InChI=1S/C19H14N2O2/c1-22-15-8-6-13(7-9-15)19-10-17(14(11-20)12-21)16-4-2-3-5-18(16)23-19/h2-10,14,17H,1H3. The first-order valence-corrected chi connectivity index (χ1v) is 7.19. The summed E-state index contributed by atoms with van der Waals surface area (Å²) in [5.41, 5.74) is 1.73. The maximum Gasteiger partial charge on any atom is 0.143 e. The molecule has 23 heavy (non-hydrogen) atoms. The summed E-state index contributed by atoms with van der Waals surface area (Å²) in [6, 6.07) is 19.1. The lowest BCUT2D eigenvalue weighted by molar-refractivity contribution is 0.414. The number of hydrogen-bond donors (Lipinski definition) is 0. The maximum atomic E-state index is 9.27. The van der Waals surface area contributed by atoms with Crippen LogP contribution >= 0.6 is 0 Å². The van der Waals surface area contributed by atoms with Crippen molar-refractivity contribution in [1.82, 2.24) is 0 Å². The van der Waals surface area contributed by atoms with Crippen molar-refractivity contribution in [1.29, 1.82) is 10.5 Å². The Morgan fingerprint density at radius 3 is 2.39 bits per heavy atom. The van der Waals surface area contributed by atoms with Crippen LogP contribution in [-0.2, 0) is 0 Å². The molecule has 0 fully saturated rings. The smallest absolute Gasteiger partial charge is 0.143 e. The van der Waals surface area contributed by atoms with Crippen molar-refractivity contribution in [2.24, 2.45) is 5.92 Å². The van der Waals surface area contributed by atoms with Gasteiger partial charge in [0.05, 0.1) is 19.2 Å². The Morgan fingerprint density at radius 2 is 1.74 bits per heavy atom. The van der Waals surface area contributed by atoms with Crippen LogP contribution in [-0.4, -0.2) is 7.11 Å². The fraction of sp³-hybridized carbons (Fsp3) is 0.158. The molecule has 0 aromatic heterocycles. The van der Waals surface area contributed by atoms with E-state index in [1.54, 1.807) is 7.11 Å². The van der Waals surface area contributed by atoms with Crippen molar-refractivity contribution in [2.75, 3.05) is 7.11 Å². The van der Waals surface area contributed by atoms with E-state index in [0.29, 0.717) is 11.5 Å². The number of para-hydroxylation sites is 1. The Morgan fingerprint density at radius 1 is 1.04 bits per heavy atom. The second kappa shape index (κ2) is 6.25. The molecular formula is C19H14N2O2. The van der Waals surface area contributed by atoms with Gasteiger partial charge in [-0.25, -0.2) is 0 Å². The number of rotatable bonds is 3. The highest BCUT2D eigenvalue weighted by atomic mass is 16.5. The van der Waals surface area contributed by atoms with Gasteiger partial charge in [0.25, 0.3) is 0 Å². The van der Waals surface area contributed by atoms with E-state index < -0.39 is 5.92 Å². The highest BCUT2D eigenvalue weighted by Gasteiger charge is 2.29. The summed E-state index contributed by atoms with van der Waals surface area (Å²) >= 11 is 0. The van der Waals surface area contributed by atoms with Crippen molar-refractivity contribution in [3.63, 3.8) is 0 Å². The molecule has 2 aromatic rings. The van der Waals surface area contributed by atoms with E-state index >= 15 is 0 Å². The summed E-state index contributed by atoms with van der Waals surface area (Å²) in [5, 5.41) is 18.5. The first kappa shape index (κ1) is 14.7. The lowest BCUT2D eigenvalue weighted by Gasteiger charge is -2.25. The lowest BCUT2D eigenvalue weighted by atomic mass is 9.84. The van der Waals surface area contributed by atoms with Crippen LogP contribution in [0.15, 0.2) is 54.6 Å². The van der Waals surface area contributed by atoms with E-state index in [9.17, 15) is 10.5 Å². The normalized spacial score (nSPS) is 15.7. The minimum absolute atomic E-state index is 0.313. The summed E-state index contributed by atoms with van der Waals surface area (Å²) < 4.78 is 11.1. The first-order valence-electron chi connectivity index (χ1n) is 7.19. The number of ether oxygens (including phenoxy) is 2. The van der Waals surface area contributed by atoms with Crippen LogP contribution in [0, 0.1) is 28.6 Å². The molecule has 0 N–H and O–H groups in total. The van der Waals surface area contributed by atoms with Crippen LogP contribution < -0.4 is 9.47 Å². The molecule has 112 valence electrons. The molecule has 3 rings (SSSR count). The molecular weight excluding hydrogens is 288 g/mol. The minimum Gasteiger partial charge on any atom is -0.497 e. The second-order valence-electron chi connectivity index (χ2n) is 5.16. The zero-order valence-corrected chi connectivity index (χ0v) is 12.6. The van der Waals surface area contributed by atoms with Gasteiger partial charge in [0.1, 0.15) is 23.2 Å². The maximum absolute atomic E-state index is 9.27. The third kappa shape index (κ3) is 2.75. The Bertz CT molecular complexity index is 812. The number of methoxy groups -OCH3 is 1. The molecule has 2 aromatic carbocycles. The summed E-state index contributed by atoms with van der Waals surface area (Å²) in [6.45, 7) is 0. The zero-order chi connectivity index (χ0) is 16.2. The molecule has 0 aliphatic carbocycles. The van der Waals surface area contributed by atoms with Crippen LogP contribution in [0.2, 0.25) is 0 Å². The van der Waals surface area contributed by atoms with Gasteiger partial charge in [-0.15, -0.1) is 0 Å². The van der Waals surface area contributed by atoms with Gasteiger partial charge < -0.3 is 9.47 Å². The fourth-order valence-corrected chi connectivity index (χ4v) is 2.63. The number of allylic oxidation sites excluding steroid dienone is 1. The van der Waals surface area contributed by atoms with Crippen LogP contribution in [0.1, 0.15) is 17.0 Å². The summed E-state index contributed by atoms with van der Waals surface area (Å²) in [6.07, 6.45) is 1.85. The Kier molecular flexibility index (Phi) is 3.99. The van der Waals surface area contributed by atoms with Gasteiger partial charge in [0, 0.05) is 17.0 Å². The summed E-state index contributed by atoms with van der Waals surface area (Å²) in [7, 11) is 1.61. The van der Waals surface area contributed by atoms with Crippen molar-refractivity contribution in [3.8, 4) is 23.6 Å². The van der Waals surface area contributed by atoms with E-state index in [1.807, 2.05) is 54.6 Å². The topological polar surface area (TPSA) is 66.0 Å². The van der Waals surface area contributed by atoms with Crippen molar-refractivity contribution >= 4 is 5.76 Å². The molecule has 1 unspecified atom stereocenters. The molecule has 0 spiro atoms. The highest BCUT2D eigenvalue weighted by molar-refractivity contribution is 5.67. The average molecular weight is 302 g/mol. The molecule has 0 amide bonds. The molecule has 0 saturated heterocycles. The second-order valence-corrected chi connectivity index (χ2v) is 5.16. The largest absolute Gasteiger partial charge is 0.497 e. The van der Waals surface area contributed by atoms with Crippen LogP contribution in [0.25, 0.3) is 5.76 Å². The van der Waals surface area contributed by atoms with E-state index in [0.717, 1.165) is 16.9 Å². The van der Waals surface area contributed by atoms with Gasteiger partial charge >= 0.3 is 0 Å². The highest BCUT2D eigenvalue weighted by Crippen LogP contribution is 2.40. The molecule has 4 nitrogen and oxygen atoms in total. The van der Waals surface area contributed by atoms with Crippen LogP contribution in [0.4, 0.5) is 0 Å². The van der Waals surface area contributed by atoms with E-state index in [-0.39, 0.29) is 5.92 Å². The molecule has 1 atom stereocenters. The molecule has 1 aliphatic heterocycles. The van der Waals surface area contributed by atoms with Gasteiger partial charge in [-0.2, -0.15) is 10.5 Å². The molecule has 0 saturated carbocycles. The van der Waals surface area contributed by atoms with Crippen LogP contribution in [0.3, 0.4) is 0 Å². The van der Waals surface area contributed by atoms with Crippen molar-refractivity contribution in [2.45, 2.75) is 5.92 Å². The predicted molar refractivity (Wildman–Crippen MR) is 85.5 cm³/mol. The third-order valence-electron chi connectivity index (χ3n) is 3.84.